The van der Waals surface area contributed by atoms with Crippen LogP contribution in [0.1, 0.15) is 26.7 Å². The van der Waals surface area contributed by atoms with Crippen LogP contribution in [-0.2, 0) is 0 Å². The Kier molecular flexibility index (Phi) is 6.88. The number of hydrogen-bond donors (Lipinski definition) is 0. The normalized spacial score (nSPS) is 15.9. The number of nitrogens with zero attached hydrogens (tertiary/aromatic N) is 1. The van der Waals surface area contributed by atoms with Gasteiger partial charge in [0, 0.05) is 12.2 Å². The Morgan fingerprint density at radius 2 is 1.93 bits per heavy atom. The van der Waals surface area contributed by atoms with Crippen LogP contribution in [0, 0.1) is 0 Å². The van der Waals surface area contributed by atoms with E-state index in [0.29, 0.717) is 0 Å². The Morgan fingerprint density at radius 3 is 2.27 bits per heavy atom. The van der Waals surface area contributed by atoms with Gasteiger partial charge in [0.15, 0.2) is 0 Å². The third kappa shape index (κ3) is 9.97. The van der Waals surface area contributed by atoms with E-state index in [1.54, 1.807) is 0 Å². The summed E-state index contributed by atoms with van der Waals surface area (Å²) in [4.78, 5) is 2.44. The molecule has 0 fully saturated rings. The number of rotatable bonds is 3. The molecular formula is C8H15BF4NS-. The molecule has 1 nitrogen and oxygen atoms in total. The molecule has 90 valence electrons. The molecule has 1 aliphatic rings. The van der Waals surface area contributed by atoms with Crippen LogP contribution in [0.3, 0.4) is 0 Å². The second-order valence-electron chi connectivity index (χ2n) is 3.17. The second-order valence-corrected chi connectivity index (χ2v) is 3.99. The van der Waals surface area contributed by atoms with Crippen LogP contribution in [0.25, 0.3) is 0 Å². The summed E-state index contributed by atoms with van der Waals surface area (Å²) < 4.78 is 39.0. The number of hydrogen-bond acceptors (Lipinski definition) is 2. The summed E-state index contributed by atoms with van der Waals surface area (Å²) in [6.45, 7) is 5.67. The first-order valence-electron chi connectivity index (χ1n) is 4.75. The van der Waals surface area contributed by atoms with Gasteiger partial charge in [-0.05, 0) is 18.8 Å². The maximum Gasteiger partial charge on any atom is 0.673 e. The van der Waals surface area contributed by atoms with Crippen molar-refractivity contribution in [1.82, 2.24) is 4.90 Å². The van der Waals surface area contributed by atoms with Gasteiger partial charge in [-0.3, -0.25) is 0 Å². The summed E-state index contributed by atoms with van der Waals surface area (Å²) in [7, 11) is -6.00. The highest BCUT2D eigenvalue weighted by atomic mass is 32.2. The lowest BCUT2D eigenvalue weighted by Gasteiger charge is -2.17. The lowest BCUT2D eigenvalue weighted by molar-refractivity contribution is 0.368. The average molecular weight is 244 g/mol. The Hall–Kier alpha value is -0.325. The Balaban J connectivity index is 0.000000336. The lowest BCUT2D eigenvalue weighted by Crippen LogP contribution is -2.18. The fraction of sp³-hybridized carbons (Fsp3) is 0.750. The van der Waals surface area contributed by atoms with Gasteiger partial charge in [0.25, 0.3) is 0 Å². The first kappa shape index (κ1) is 14.7. The minimum Gasteiger partial charge on any atom is -0.418 e. The van der Waals surface area contributed by atoms with E-state index in [4.69, 9.17) is 0 Å². The molecule has 0 aromatic carbocycles. The zero-order valence-electron chi connectivity index (χ0n) is 8.85. The van der Waals surface area contributed by atoms with Crippen LogP contribution in [0.4, 0.5) is 17.3 Å². The van der Waals surface area contributed by atoms with E-state index in [0.717, 1.165) is 0 Å². The molecule has 1 aliphatic heterocycles. The van der Waals surface area contributed by atoms with E-state index < -0.39 is 7.25 Å². The molecule has 0 aliphatic carbocycles. The van der Waals surface area contributed by atoms with E-state index in [2.05, 4.69) is 24.2 Å². The van der Waals surface area contributed by atoms with Crippen molar-refractivity contribution in [2.75, 3.05) is 12.4 Å². The molecule has 7 heteroatoms. The molecule has 0 radical (unpaired) electrons. The highest BCUT2D eigenvalue weighted by Gasteiger charge is 2.20. The first-order valence-corrected chi connectivity index (χ1v) is 5.80. The molecule has 0 N–H and O–H groups in total. The summed E-state index contributed by atoms with van der Waals surface area (Å²) in [5.41, 5.74) is 1.44. The van der Waals surface area contributed by atoms with Crippen molar-refractivity contribution in [2.45, 2.75) is 26.7 Å². The van der Waals surface area contributed by atoms with Gasteiger partial charge in [-0.2, -0.15) is 0 Å². The van der Waals surface area contributed by atoms with Crippen LogP contribution in [0.5, 0.6) is 0 Å². The predicted octanol–water partition coefficient (Wildman–Crippen LogP) is 3.95. The standard InChI is InChI=1S/C8H15NS.BF4/c1-3-4-5-9-7-10-6-8(9)2;2-1(3,4)5/h6H,3-5,7H2,1-2H3;/q;-1. The molecule has 0 atom stereocenters. The molecule has 1 heterocycles. The van der Waals surface area contributed by atoms with E-state index >= 15 is 0 Å². The number of thioether (sulfide) groups is 1. The number of halogens is 4. The summed E-state index contributed by atoms with van der Waals surface area (Å²) in [5, 5.41) is 2.25. The predicted molar refractivity (Wildman–Crippen MR) is 58.0 cm³/mol. The van der Waals surface area contributed by atoms with Crippen LogP contribution in [0.15, 0.2) is 11.1 Å². The van der Waals surface area contributed by atoms with Crippen molar-refractivity contribution in [3.8, 4) is 0 Å². The minimum absolute atomic E-state index is 1.17. The maximum atomic E-state index is 9.75. The van der Waals surface area contributed by atoms with E-state index in [1.165, 1.54) is 31.0 Å². The monoisotopic (exact) mass is 244 g/mol. The Bertz CT molecular complexity index is 201. The van der Waals surface area contributed by atoms with Gasteiger partial charge < -0.3 is 22.2 Å². The van der Waals surface area contributed by atoms with Crippen molar-refractivity contribution < 1.29 is 17.3 Å². The van der Waals surface area contributed by atoms with Crippen LogP contribution in [0.2, 0.25) is 0 Å². The van der Waals surface area contributed by atoms with Crippen molar-refractivity contribution in [2.24, 2.45) is 0 Å². The molecule has 0 unspecified atom stereocenters. The fourth-order valence-electron chi connectivity index (χ4n) is 1.01. The SMILES string of the molecule is CCCCN1CSC=C1C.F[B-](F)(F)F. The molecule has 0 spiro atoms. The molecule has 0 saturated heterocycles. The summed E-state index contributed by atoms with van der Waals surface area (Å²) in [5.74, 6) is 1.17. The highest BCUT2D eigenvalue weighted by Crippen LogP contribution is 2.22. The zero-order chi connectivity index (χ0) is 11.9. The van der Waals surface area contributed by atoms with Crippen molar-refractivity contribution in [1.29, 1.82) is 0 Å². The quantitative estimate of drug-likeness (QED) is 0.546. The maximum absolute atomic E-state index is 9.75. The number of unbranched alkanes of at least 4 members (excludes halogenated alkanes) is 1. The van der Waals surface area contributed by atoms with Gasteiger partial charge >= 0.3 is 7.25 Å². The topological polar surface area (TPSA) is 3.24 Å². The molecule has 0 bridgehead atoms. The van der Waals surface area contributed by atoms with Crippen LogP contribution in [-0.4, -0.2) is 24.6 Å². The Morgan fingerprint density at radius 1 is 1.40 bits per heavy atom. The van der Waals surface area contributed by atoms with Gasteiger partial charge in [0.1, 0.15) is 0 Å². The third-order valence-corrected chi connectivity index (χ3v) is 2.73. The molecule has 15 heavy (non-hydrogen) atoms. The van der Waals surface area contributed by atoms with E-state index in [9.17, 15) is 17.3 Å². The third-order valence-electron chi connectivity index (χ3n) is 1.76. The Labute approximate surface area is 92.0 Å². The summed E-state index contributed by atoms with van der Waals surface area (Å²) >= 11 is 1.90. The lowest BCUT2D eigenvalue weighted by atomic mass is 10.3. The molecule has 0 saturated carbocycles. The van der Waals surface area contributed by atoms with E-state index in [-0.39, 0.29) is 0 Å². The minimum atomic E-state index is -6.00. The van der Waals surface area contributed by atoms with Crippen molar-refractivity contribution in [3.05, 3.63) is 11.1 Å². The van der Waals surface area contributed by atoms with Gasteiger partial charge in [-0.15, -0.1) is 11.8 Å². The van der Waals surface area contributed by atoms with Gasteiger partial charge in [-0.1, -0.05) is 13.3 Å². The van der Waals surface area contributed by atoms with Gasteiger partial charge in [-0.25, -0.2) is 0 Å². The molecule has 0 aromatic heterocycles. The van der Waals surface area contributed by atoms with Gasteiger partial charge in [0.2, 0.25) is 0 Å². The van der Waals surface area contributed by atoms with E-state index in [1.807, 2.05) is 11.8 Å². The number of allylic oxidation sites excluding steroid dienone is 1. The molecule has 0 amide bonds. The highest BCUT2D eigenvalue weighted by molar-refractivity contribution is 8.02. The van der Waals surface area contributed by atoms with Crippen LogP contribution >= 0.6 is 11.8 Å². The first-order chi connectivity index (χ1) is 6.84. The zero-order valence-corrected chi connectivity index (χ0v) is 9.67. The van der Waals surface area contributed by atoms with Gasteiger partial charge in [0.05, 0.1) is 5.88 Å². The smallest absolute Gasteiger partial charge is 0.418 e. The fourth-order valence-corrected chi connectivity index (χ4v) is 1.99. The van der Waals surface area contributed by atoms with Crippen molar-refractivity contribution in [3.63, 3.8) is 0 Å². The second kappa shape index (κ2) is 7.03. The van der Waals surface area contributed by atoms with Crippen LogP contribution < -0.4 is 0 Å². The summed E-state index contributed by atoms with van der Waals surface area (Å²) in [6.07, 6.45) is 2.63. The molecular weight excluding hydrogens is 229 g/mol. The molecule has 1 rings (SSSR count). The molecule has 0 aromatic rings. The average Bonchev–Trinajstić information content (AvgIpc) is 2.45. The van der Waals surface area contributed by atoms with Crippen molar-refractivity contribution >= 4 is 19.0 Å². The largest absolute Gasteiger partial charge is 0.673 e. The summed E-state index contributed by atoms with van der Waals surface area (Å²) in [6, 6.07) is 0.